The van der Waals surface area contributed by atoms with Crippen LogP contribution in [0.15, 0.2) is 46.1 Å². The molecular weight excluding hydrogens is 326 g/mol. The summed E-state index contributed by atoms with van der Waals surface area (Å²) in [7, 11) is 0. The predicted molar refractivity (Wildman–Crippen MR) is 91.7 cm³/mol. The molecule has 1 aliphatic rings. The number of hydrogen-bond acceptors (Lipinski definition) is 6. The first-order chi connectivity index (χ1) is 11.3. The Morgan fingerprint density at radius 2 is 2.00 bits per heavy atom. The van der Waals surface area contributed by atoms with E-state index in [1.165, 1.54) is 19.1 Å². The smallest absolute Gasteiger partial charge is 0.227 e. The van der Waals surface area contributed by atoms with E-state index in [9.17, 15) is 20.0 Å². The first kappa shape index (κ1) is 17.6. The Kier molecular flexibility index (Phi) is 5.31. The molecule has 2 rings (SSSR count). The molecule has 0 bridgehead atoms. The highest BCUT2D eigenvalue weighted by molar-refractivity contribution is 8.03. The zero-order valence-corrected chi connectivity index (χ0v) is 14.1. The van der Waals surface area contributed by atoms with Crippen LogP contribution in [0.3, 0.4) is 0 Å². The summed E-state index contributed by atoms with van der Waals surface area (Å²) < 4.78 is 0. The van der Waals surface area contributed by atoms with Crippen LogP contribution in [0.4, 0.5) is 0 Å². The third kappa shape index (κ3) is 3.60. The highest BCUT2D eigenvalue weighted by Crippen LogP contribution is 2.40. The lowest BCUT2D eigenvalue weighted by Crippen LogP contribution is -2.27. The first-order valence-electron chi connectivity index (χ1n) is 7.18. The van der Waals surface area contributed by atoms with Crippen LogP contribution in [0, 0.1) is 11.3 Å². The molecule has 1 aromatic rings. The zero-order chi connectivity index (χ0) is 17.9. The number of nitrogens with zero attached hydrogens (tertiary/aromatic N) is 1. The van der Waals surface area contributed by atoms with Crippen molar-refractivity contribution in [2.75, 3.05) is 5.75 Å². The van der Waals surface area contributed by atoms with Crippen LogP contribution in [0.5, 0.6) is 5.75 Å². The molecule has 0 radical (unpaired) electrons. The molecule has 1 heterocycles. The number of amides is 1. The van der Waals surface area contributed by atoms with Crippen LogP contribution >= 0.6 is 11.8 Å². The number of phenols is 1. The minimum Gasteiger partial charge on any atom is -0.508 e. The zero-order valence-electron chi connectivity index (χ0n) is 13.3. The summed E-state index contributed by atoms with van der Waals surface area (Å²) >= 11 is 1.13. The highest BCUT2D eigenvalue weighted by atomic mass is 32.2. The number of nitriles is 1. The van der Waals surface area contributed by atoms with E-state index in [1.54, 1.807) is 19.1 Å². The summed E-state index contributed by atoms with van der Waals surface area (Å²) in [5.74, 6) is -1.07. The van der Waals surface area contributed by atoms with Crippen molar-refractivity contribution in [3.8, 4) is 11.8 Å². The normalized spacial score (nSPS) is 17.3. The molecule has 1 atom stereocenters. The molecule has 1 unspecified atom stereocenters. The minimum absolute atomic E-state index is 0.0263. The van der Waals surface area contributed by atoms with Gasteiger partial charge in [0.2, 0.25) is 5.91 Å². The van der Waals surface area contributed by atoms with Gasteiger partial charge in [0.05, 0.1) is 28.3 Å². The number of aromatic hydroxyl groups is 1. The average Bonchev–Trinajstić information content (AvgIpc) is 2.52. The fourth-order valence-corrected chi connectivity index (χ4v) is 3.47. The maximum atomic E-state index is 12.1. The Labute approximate surface area is 144 Å². The number of rotatable bonds is 5. The summed E-state index contributed by atoms with van der Waals surface area (Å²) in [6.07, 6.45) is 0. The highest BCUT2D eigenvalue weighted by Gasteiger charge is 2.33. The summed E-state index contributed by atoms with van der Waals surface area (Å²) in [6, 6.07) is 8.51. The standard InChI is InChI=1S/C17H17N3O3S/c1-9-15(10(2)21)16(11-3-5-12(22)6-4-11)13(7-18)17(20-9)24-8-14(19)23/h3-6,16,20,22H,8H2,1-2H3,(H2,19,23). The quantitative estimate of drug-likeness (QED) is 0.752. The number of benzene rings is 1. The molecular formula is C17H17N3O3S. The molecule has 7 heteroatoms. The number of nitrogens with two attached hydrogens (primary N) is 1. The van der Waals surface area contributed by atoms with Crippen LogP contribution in [-0.4, -0.2) is 22.5 Å². The van der Waals surface area contributed by atoms with Crippen molar-refractivity contribution in [1.29, 1.82) is 5.26 Å². The number of thioether (sulfide) groups is 1. The number of nitrogens with one attached hydrogen (secondary N) is 1. The molecule has 1 aromatic carbocycles. The maximum Gasteiger partial charge on any atom is 0.227 e. The van der Waals surface area contributed by atoms with Gasteiger partial charge < -0.3 is 16.2 Å². The van der Waals surface area contributed by atoms with E-state index in [1.807, 2.05) is 0 Å². The monoisotopic (exact) mass is 343 g/mol. The van der Waals surface area contributed by atoms with Gasteiger partial charge in [0.15, 0.2) is 5.78 Å². The van der Waals surface area contributed by atoms with E-state index >= 15 is 0 Å². The molecule has 4 N–H and O–H groups in total. The van der Waals surface area contributed by atoms with E-state index in [0.29, 0.717) is 27.4 Å². The fraction of sp³-hybridized carbons (Fsp3) is 0.235. The van der Waals surface area contributed by atoms with Crippen molar-refractivity contribution in [3.63, 3.8) is 0 Å². The van der Waals surface area contributed by atoms with Gasteiger partial charge in [-0.3, -0.25) is 9.59 Å². The number of allylic oxidation sites excluding steroid dienone is 3. The predicted octanol–water partition coefficient (Wildman–Crippen LogP) is 1.90. The van der Waals surface area contributed by atoms with Gasteiger partial charge in [-0.2, -0.15) is 5.26 Å². The van der Waals surface area contributed by atoms with Crippen LogP contribution in [-0.2, 0) is 9.59 Å². The van der Waals surface area contributed by atoms with Crippen molar-refractivity contribution in [2.45, 2.75) is 19.8 Å². The van der Waals surface area contributed by atoms with Crippen molar-refractivity contribution >= 4 is 23.5 Å². The summed E-state index contributed by atoms with van der Waals surface area (Å²) in [4.78, 5) is 23.2. The van der Waals surface area contributed by atoms with E-state index in [0.717, 1.165) is 11.8 Å². The molecule has 6 nitrogen and oxygen atoms in total. The number of ketones is 1. The third-order valence-electron chi connectivity index (χ3n) is 3.61. The van der Waals surface area contributed by atoms with Crippen molar-refractivity contribution in [3.05, 3.63) is 51.7 Å². The third-order valence-corrected chi connectivity index (χ3v) is 4.65. The van der Waals surface area contributed by atoms with Crippen LogP contribution in [0.1, 0.15) is 25.3 Å². The lowest BCUT2D eigenvalue weighted by molar-refractivity contribution is -0.115. The molecule has 0 spiro atoms. The molecule has 0 saturated carbocycles. The molecule has 24 heavy (non-hydrogen) atoms. The van der Waals surface area contributed by atoms with Crippen LogP contribution in [0.25, 0.3) is 0 Å². The summed E-state index contributed by atoms with van der Waals surface area (Å²) in [6.45, 7) is 3.20. The van der Waals surface area contributed by atoms with Gasteiger partial charge in [0, 0.05) is 11.3 Å². The SMILES string of the molecule is CC(=O)C1=C(C)NC(SCC(N)=O)=C(C#N)C1c1ccc(O)cc1. The summed E-state index contributed by atoms with van der Waals surface area (Å²) in [5.41, 5.74) is 7.37. The fourth-order valence-electron chi connectivity index (χ4n) is 2.64. The van der Waals surface area contributed by atoms with Crippen LogP contribution in [0.2, 0.25) is 0 Å². The number of primary amides is 1. The summed E-state index contributed by atoms with van der Waals surface area (Å²) in [5, 5.41) is 22.7. The second-order valence-electron chi connectivity index (χ2n) is 5.35. The lowest BCUT2D eigenvalue weighted by Gasteiger charge is -2.29. The molecule has 124 valence electrons. The number of carbonyl (C=O) groups excluding carboxylic acids is 2. The topological polar surface area (TPSA) is 116 Å². The van der Waals surface area contributed by atoms with Gasteiger partial charge in [-0.15, -0.1) is 0 Å². The number of Topliss-reactive ketones (excluding diaryl/α,β-unsaturated/α-hetero) is 1. The van der Waals surface area contributed by atoms with Gasteiger partial charge in [0.1, 0.15) is 5.75 Å². The average molecular weight is 343 g/mol. The van der Waals surface area contributed by atoms with Gasteiger partial charge >= 0.3 is 0 Å². The molecule has 0 aromatic heterocycles. The number of carbonyl (C=O) groups is 2. The molecule has 0 fully saturated rings. The van der Waals surface area contributed by atoms with Crippen molar-refractivity contribution < 1.29 is 14.7 Å². The number of phenolic OH excluding ortho intramolecular Hbond substituents is 1. The first-order valence-corrected chi connectivity index (χ1v) is 8.16. The maximum absolute atomic E-state index is 12.1. The Hall–Kier alpha value is -2.72. The van der Waals surface area contributed by atoms with E-state index in [-0.39, 0.29) is 17.3 Å². The Morgan fingerprint density at radius 3 is 2.50 bits per heavy atom. The largest absolute Gasteiger partial charge is 0.508 e. The van der Waals surface area contributed by atoms with Crippen molar-refractivity contribution in [1.82, 2.24) is 5.32 Å². The number of hydrogen-bond donors (Lipinski definition) is 3. The van der Waals surface area contributed by atoms with Crippen LogP contribution < -0.4 is 11.1 Å². The van der Waals surface area contributed by atoms with E-state index in [2.05, 4.69) is 11.4 Å². The van der Waals surface area contributed by atoms with Gasteiger partial charge in [0.25, 0.3) is 0 Å². The second-order valence-corrected chi connectivity index (χ2v) is 6.34. The van der Waals surface area contributed by atoms with Gasteiger partial charge in [-0.25, -0.2) is 0 Å². The Bertz CT molecular complexity index is 788. The molecule has 1 amide bonds. The number of dihydropyridines is 1. The Balaban J connectivity index is 2.57. The molecule has 1 aliphatic heterocycles. The van der Waals surface area contributed by atoms with Crippen molar-refractivity contribution in [2.24, 2.45) is 5.73 Å². The molecule has 0 aliphatic carbocycles. The molecule has 0 saturated heterocycles. The van der Waals surface area contributed by atoms with E-state index in [4.69, 9.17) is 5.73 Å². The minimum atomic E-state index is -0.551. The Morgan fingerprint density at radius 1 is 1.38 bits per heavy atom. The van der Waals surface area contributed by atoms with Gasteiger partial charge in [-0.05, 0) is 31.5 Å². The lowest BCUT2D eigenvalue weighted by atomic mass is 9.81. The second kappa shape index (κ2) is 7.23. The van der Waals surface area contributed by atoms with Gasteiger partial charge in [-0.1, -0.05) is 23.9 Å². The van der Waals surface area contributed by atoms with E-state index < -0.39 is 11.8 Å².